The highest BCUT2D eigenvalue weighted by molar-refractivity contribution is 7.51. The van der Waals surface area contributed by atoms with Crippen molar-refractivity contribution in [3.8, 4) is 36.2 Å². The molecule has 3 aromatic carbocycles. The number of hydrogen-bond donors (Lipinski definition) is 0. The maximum Gasteiger partial charge on any atom is 0.212 e. The van der Waals surface area contributed by atoms with Crippen LogP contribution in [0.1, 0.15) is 11.1 Å². The molecule has 0 saturated carbocycles. The topological polar surface area (TPSA) is 52.6 Å². The van der Waals surface area contributed by atoms with E-state index in [1.807, 2.05) is 44.2 Å². The van der Waals surface area contributed by atoms with Gasteiger partial charge in [0.2, 0.25) is 10.3 Å². The molecule has 160 valence electrons. The molecule has 0 atom stereocenters. The van der Waals surface area contributed by atoms with Crippen LogP contribution in [-0.4, -0.2) is 13.2 Å². The summed E-state index contributed by atoms with van der Waals surface area (Å²) in [4.78, 5) is 27.5. The lowest BCUT2D eigenvalue weighted by Gasteiger charge is -2.15. The Balaban J connectivity index is 2.01. The third-order valence-corrected chi connectivity index (χ3v) is 8.12. The van der Waals surface area contributed by atoms with Gasteiger partial charge in [-0.2, -0.15) is 0 Å². The van der Waals surface area contributed by atoms with Gasteiger partial charge in [-0.3, -0.25) is 9.59 Å². The summed E-state index contributed by atoms with van der Waals surface area (Å²) in [5, 5.41) is 5.04. The van der Waals surface area contributed by atoms with Gasteiger partial charge in [-0.25, -0.2) is 0 Å². The number of terminal acetylenes is 2. The maximum atomic E-state index is 13.8. The van der Waals surface area contributed by atoms with Gasteiger partial charge in [-0.05, 0) is 70.8 Å². The molecular weight excluding hydrogens is 431 g/mol. The van der Waals surface area contributed by atoms with Crippen LogP contribution in [-0.2, 0) is 0 Å². The Labute approximate surface area is 191 Å². The van der Waals surface area contributed by atoms with E-state index < -0.39 is 7.34 Å². The van der Waals surface area contributed by atoms with Gasteiger partial charge in [0.1, 0.15) is 24.7 Å². The molecule has 5 rings (SSSR count). The molecule has 33 heavy (non-hydrogen) atoms. The summed E-state index contributed by atoms with van der Waals surface area (Å²) in [5.74, 6) is 6.13. The highest BCUT2D eigenvalue weighted by atomic mass is 31.1. The van der Waals surface area contributed by atoms with Crippen LogP contribution < -0.4 is 19.8 Å². The van der Waals surface area contributed by atoms with E-state index in [4.69, 9.17) is 22.3 Å². The largest absolute Gasteiger partial charge is 0.481 e. The highest BCUT2D eigenvalue weighted by Gasteiger charge is 2.20. The highest BCUT2D eigenvalue weighted by Crippen LogP contribution is 2.42. The number of rotatable bonds is 4. The minimum absolute atomic E-state index is 0.122. The standard InChI is InChI=1S/C28H19O4P/c1-5-10-31-18-12-16(3)24-22(14-18)20-8-7-9-21-23-15-19(32-11-6-2)13-17(4)25(23)28(30)33(26(20)21)27(24)29/h1-2,7-9,12-15H,10-11H2,3-4H3. The Morgan fingerprint density at radius 1 is 0.758 bits per heavy atom. The van der Waals surface area contributed by atoms with Crippen molar-refractivity contribution in [2.24, 2.45) is 0 Å². The molecule has 5 aromatic rings. The van der Waals surface area contributed by atoms with Gasteiger partial charge in [-0.15, -0.1) is 12.8 Å². The van der Waals surface area contributed by atoms with Crippen LogP contribution in [0.25, 0.3) is 37.4 Å². The Morgan fingerprint density at radius 3 is 1.64 bits per heavy atom. The first-order valence-corrected chi connectivity index (χ1v) is 11.7. The van der Waals surface area contributed by atoms with E-state index >= 15 is 0 Å². The van der Waals surface area contributed by atoms with Crippen molar-refractivity contribution in [3.63, 3.8) is 0 Å². The van der Waals surface area contributed by atoms with Gasteiger partial charge >= 0.3 is 0 Å². The molecule has 0 aliphatic rings. The SMILES string of the molecule is C#CCOc1cc(C)c2c(=O)p3c(=O)c4c(C)cc(OCC#C)cc4c4cccc(c2c1)c43. The van der Waals surface area contributed by atoms with E-state index in [0.29, 0.717) is 22.3 Å². The van der Waals surface area contributed by atoms with Crippen LogP contribution in [0.2, 0.25) is 0 Å². The van der Waals surface area contributed by atoms with Crippen molar-refractivity contribution in [3.05, 3.63) is 73.5 Å². The Morgan fingerprint density at radius 2 is 1.21 bits per heavy atom. The molecule has 0 amide bonds. The molecule has 2 aromatic heterocycles. The smallest absolute Gasteiger partial charge is 0.212 e. The second kappa shape index (κ2) is 7.86. The van der Waals surface area contributed by atoms with Crippen molar-refractivity contribution in [2.45, 2.75) is 13.8 Å². The molecule has 0 aliphatic heterocycles. The molecule has 0 fully saturated rings. The summed E-state index contributed by atoms with van der Waals surface area (Å²) < 4.78 is 11.3. The fourth-order valence-electron chi connectivity index (χ4n) is 4.66. The van der Waals surface area contributed by atoms with Crippen molar-refractivity contribution < 1.29 is 9.47 Å². The minimum Gasteiger partial charge on any atom is -0.481 e. The van der Waals surface area contributed by atoms with Crippen LogP contribution >= 0.6 is 7.34 Å². The normalized spacial score (nSPS) is 11.2. The van der Waals surface area contributed by atoms with E-state index in [9.17, 15) is 9.59 Å². The molecule has 5 heteroatoms. The lowest BCUT2D eigenvalue weighted by molar-refractivity contribution is 0.370. The minimum atomic E-state index is -1.71. The fourth-order valence-corrected chi connectivity index (χ4v) is 7.16. The lowest BCUT2D eigenvalue weighted by Crippen LogP contribution is -2.10. The van der Waals surface area contributed by atoms with Gasteiger partial charge in [0.05, 0.1) is 0 Å². The average Bonchev–Trinajstić information content (AvgIpc) is 2.80. The average molecular weight is 450 g/mol. The molecular formula is C28H19O4P. The van der Waals surface area contributed by atoms with Gasteiger partial charge in [0.25, 0.3) is 0 Å². The summed E-state index contributed by atoms with van der Waals surface area (Å²) in [6, 6.07) is 13.2. The number of aryl methyl sites for hydroxylation is 2. The summed E-state index contributed by atoms with van der Waals surface area (Å²) >= 11 is 0. The Bertz CT molecular complexity index is 1670. The third kappa shape index (κ3) is 3.12. The quantitative estimate of drug-likeness (QED) is 0.210. The monoisotopic (exact) mass is 450 g/mol. The van der Waals surface area contributed by atoms with Crippen LogP contribution in [0.15, 0.2) is 52.1 Å². The van der Waals surface area contributed by atoms with Crippen molar-refractivity contribution >= 4 is 44.8 Å². The first-order chi connectivity index (χ1) is 16.0. The summed E-state index contributed by atoms with van der Waals surface area (Å²) in [6.45, 7) is 4.01. The first-order valence-electron chi connectivity index (χ1n) is 10.4. The van der Waals surface area contributed by atoms with Crippen molar-refractivity contribution in [2.75, 3.05) is 13.2 Å². The van der Waals surface area contributed by atoms with Gasteiger partial charge in [0, 0.05) is 23.2 Å². The number of hydrogen-bond acceptors (Lipinski definition) is 4. The predicted molar refractivity (Wildman–Crippen MR) is 136 cm³/mol. The Hall–Kier alpha value is -3.98. The van der Waals surface area contributed by atoms with E-state index in [0.717, 1.165) is 37.8 Å². The number of ether oxygens (including phenoxy) is 2. The van der Waals surface area contributed by atoms with E-state index in [2.05, 4.69) is 11.8 Å². The van der Waals surface area contributed by atoms with E-state index in [1.165, 1.54) is 0 Å². The molecule has 4 nitrogen and oxygen atoms in total. The third-order valence-electron chi connectivity index (χ3n) is 5.94. The zero-order valence-electron chi connectivity index (χ0n) is 18.2. The van der Waals surface area contributed by atoms with Crippen LogP contribution in [0.5, 0.6) is 11.5 Å². The van der Waals surface area contributed by atoms with Crippen LogP contribution in [0.3, 0.4) is 0 Å². The second-order valence-corrected chi connectivity index (χ2v) is 9.89. The zero-order chi connectivity index (χ0) is 23.3. The molecule has 2 heterocycles. The van der Waals surface area contributed by atoms with Gasteiger partial charge in [-0.1, -0.05) is 30.0 Å². The second-order valence-electron chi connectivity index (χ2n) is 7.96. The number of fused-ring (bicyclic) bond motifs is 4. The van der Waals surface area contributed by atoms with Crippen molar-refractivity contribution in [1.82, 2.24) is 0 Å². The van der Waals surface area contributed by atoms with E-state index in [1.54, 1.807) is 12.1 Å². The fraction of sp³-hybridized carbons (Fsp3) is 0.143. The summed E-state index contributed by atoms with van der Waals surface area (Å²) in [7, 11) is -1.71. The molecule has 0 aliphatic carbocycles. The lowest BCUT2D eigenvalue weighted by atomic mass is 10.0. The molecule has 0 unspecified atom stereocenters. The predicted octanol–water partition coefficient (Wildman–Crippen LogP) is 5.38. The first kappa shape index (κ1) is 20.9. The molecule has 0 bridgehead atoms. The van der Waals surface area contributed by atoms with Crippen LogP contribution in [0, 0.1) is 38.5 Å². The Kier molecular flexibility index (Phi) is 4.98. The summed E-state index contributed by atoms with van der Waals surface area (Å²) in [6.07, 6.45) is 10.7. The molecule has 0 radical (unpaired) electrons. The molecule has 0 spiro atoms. The van der Waals surface area contributed by atoms with Crippen molar-refractivity contribution in [1.29, 1.82) is 0 Å². The van der Waals surface area contributed by atoms with Crippen LogP contribution in [0.4, 0.5) is 0 Å². The molecule has 0 saturated heterocycles. The number of benzene rings is 3. The zero-order valence-corrected chi connectivity index (χ0v) is 19.1. The molecule has 0 N–H and O–H groups in total. The van der Waals surface area contributed by atoms with Gasteiger partial charge in [0.15, 0.2) is 0 Å². The maximum absolute atomic E-state index is 13.8. The van der Waals surface area contributed by atoms with E-state index in [-0.39, 0.29) is 23.5 Å². The van der Waals surface area contributed by atoms with Gasteiger partial charge < -0.3 is 9.47 Å². The summed E-state index contributed by atoms with van der Waals surface area (Å²) in [5.41, 5.74) is 1.55.